The Bertz CT molecular complexity index is 1080. The molecule has 2 amide bonds. The minimum atomic E-state index is -0.374. The van der Waals surface area contributed by atoms with Crippen molar-refractivity contribution in [1.82, 2.24) is 9.88 Å². The number of nitrogens with one attached hydrogen (secondary N) is 2. The third-order valence-corrected chi connectivity index (χ3v) is 5.17. The molecule has 1 fully saturated rings. The smallest absolute Gasteiger partial charge is 0.229 e. The Morgan fingerprint density at radius 2 is 2.11 bits per heavy atom. The number of fused-ring (bicyclic) bond motifs is 1. The number of hydrogen-bond acceptors (Lipinski definition) is 3. The molecule has 0 spiro atoms. The number of aromatic nitrogens is 1. The summed E-state index contributed by atoms with van der Waals surface area (Å²) >= 11 is 0. The number of carbonyl (C=O) groups excluding carboxylic acids is 2. The monoisotopic (exact) mass is 372 g/mol. The topological polar surface area (TPSA) is 89.0 Å². The first-order valence-corrected chi connectivity index (χ1v) is 9.28. The van der Waals surface area contributed by atoms with Crippen LogP contribution in [0.5, 0.6) is 0 Å². The molecular formula is C22H20N4O2. The van der Waals surface area contributed by atoms with E-state index in [1.807, 2.05) is 24.4 Å². The molecule has 0 radical (unpaired) electrons. The van der Waals surface area contributed by atoms with Gasteiger partial charge < -0.3 is 15.2 Å². The van der Waals surface area contributed by atoms with Gasteiger partial charge in [0.15, 0.2) is 0 Å². The number of aromatic amines is 1. The fourth-order valence-corrected chi connectivity index (χ4v) is 3.67. The molecule has 6 heteroatoms. The standard InChI is InChI=1S/C22H20N4O2/c23-12-15-4-3-5-18(10-15)25-22(28)17-11-21(27)26(14-17)9-8-16-13-24-20-7-2-1-6-19(16)20/h1-7,10,13,17,24H,8-9,11,14H2,(H,25,28). The lowest BCUT2D eigenvalue weighted by Gasteiger charge is -2.16. The van der Waals surface area contributed by atoms with Gasteiger partial charge in [0.2, 0.25) is 11.8 Å². The number of anilines is 1. The van der Waals surface area contributed by atoms with Crippen molar-refractivity contribution in [2.75, 3.05) is 18.4 Å². The second-order valence-electron chi connectivity index (χ2n) is 7.03. The van der Waals surface area contributed by atoms with Gasteiger partial charge in [0.25, 0.3) is 0 Å². The molecule has 1 aromatic heterocycles. The van der Waals surface area contributed by atoms with Crippen LogP contribution in [-0.4, -0.2) is 34.8 Å². The number of carbonyl (C=O) groups is 2. The van der Waals surface area contributed by atoms with E-state index in [-0.39, 0.29) is 24.2 Å². The Labute approximate surface area is 162 Å². The Hall–Kier alpha value is -3.59. The second kappa shape index (κ2) is 7.57. The van der Waals surface area contributed by atoms with Crippen LogP contribution >= 0.6 is 0 Å². The highest BCUT2D eigenvalue weighted by Crippen LogP contribution is 2.23. The van der Waals surface area contributed by atoms with Crippen molar-refractivity contribution in [2.45, 2.75) is 12.8 Å². The first-order valence-electron chi connectivity index (χ1n) is 9.28. The normalized spacial score (nSPS) is 16.3. The van der Waals surface area contributed by atoms with Gasteiger partial charge in [-0.3, -0.25) is 9.59 Å². The number of benzene rings is 2. The van der Waals surface area contributed by atoms with Crippen LogP contribution in [0.1, 0.15) is 17.5 Å². The van der Waals surface area contributed by atoms with Crippen molar-refractivity contribution in [1.29, 1.82) is 5.26 Å². The number of nitriles is 1. The summed E-state index contributed by atoms with van der Waals surface area (Å²) in [5.74, 6) is -0.551. The summed E-state index contributed by atoms with van der Waals surface area (Å²) in [6.45, 7) is 1.01. The van der Waals surface area contributed by atoms with Gasteiger partial charge in [-0.1, -0.05) is 24.3 Å². The molecule has 3 aromatic rings. The maximum atomic E-state index is 12.5. The van der Waals surface area contributed by atoms with E-state index in [1.165, 1.54) is 10.9 Å². The molecule has 1 unspecified atom stereocenters. The van der Waals surface area contributed by atoms with Crippen LogP contribution in [-0.2, 0) is 16.0 Å². The molecule has 6 nitrogen and oxygen atoms in total. The van der Waals surface area contributed by atoms with Gasteiger partial charge >= 0.3 is 0 Å². The van der Waals surface area contributed by atoms with Gasteiger partial charge in [0.05, 0.1) is 17.6 Å². The van der Waals surface area contributed by atoms with E-state index in [9.17, 15) is 9.59 Å². The van der Waals surface area contributed by atoms with Crippen LogP contribution in [0.2, 0.25) is 0 Å². The molecule has 2 aromatic carbocycles. The van der Waals surface area contributed by atoms with Crippen LogP contribution in [0.25, 0.3) is 10.9 Å². The number of rotatable bonds is 5. The minimum Gasteiger partial charge on any atom is -0.361 e. The van der Waals surface area contributed by atoms with Crippen molar-refractivity contribution >= 4 is 28.4 Å². The largest absolute Gasteiger partial charge is 0.361 e. The molecule has 1 aliphatic heterocycles. The quantitative estimate of drug-likeness (QED) is 0.721. The lowest BCUT2D eigenvalue weighted by Crippen LogP contribution is -2.30. The van der Waals surface area contributed by atoms with Crippen LogP contribution in [0, 0.1) is 17.2 Å². The highest BCUT2D eigenvalue weighted by atomic mass is 16.2. The van der Waals surface area contributed by atoms with E-state index >= 15 is 0 Å². The number of hydrogen-bond donors (Lipinski definition) is 2. The number of nitrogens with zero attached hydrogens (tertiary/aromatic N) is 2. The summed E-state index contributed by atoms with van der Waals surface area (Å²) < 4.78 is 0. The minimum absolute atomic E-state index is 0.00534. The third kappa shape index (κ3) is 3.60. The fourth-order valence-electron chi connectivity index (χ4n) is 3.67. The maximum absolute atomic E-state index is 12.5. The van der Waals surface area contributed by atoms with Crippen molar-refractivity contribution < 1.29 is 9.59 Å². The predicted molar refractivity (Wildman–Crippen MR) is 106 cm³/mol. The van der Waals surface area contributed by atoms with Gasteiger partial charge in [0, 0.05) is 42.3 Å². The molecule has 4 rings (SSSR count). The van der Waals surface area contributed by atoms with E-state index in [1.54, 1.807) is 29.2 Å². The zero-order valence-electron chi connectivity index (χ0n) is 15.3. The second-order valence-corrected chi connectivity index (χ2v) is 7.03. The first kappa shape index (κ1) is 17.8. The lowest BCUT2D eigenvalue weighted by atomic mass is 10.1. The van der Waals surface area contributed by atoms with E-state index in [0.717, 1.165) is 11.9 Å². The summed E-state index contributed by atoms with van der Waals surface area (Å²) in [6, 6.07) is 16.9. The van der Waals surface area contributed by atoms with Crippen molar-refractivity contribution in [3.05, 3.63) is 65.9 Å². The van der Waals surface area contributed by atoms with E-state index < -0.39 is 0 Å². The number of para-hydroxylation sites is 1. The predicted octanol–water partition coefficient (Wildman–Crippen LogP) is 3.07. The zero-order chi connectivity index (χ0) is 19.5. The molecule has 2 heterocycles. The maximum Gasteiger partial charge on any atom is 0.229 e. The third-order valence-electron chi connectivity index (χ3n) is 5.17. The van der Waals surface area contributed by atoms with Gasteiger partial charge in [0.1, 0.15) is 0 Å². The molecular weight excluding hydrogens is 352 g/mol. The molecule has 0 aliphatic carbocycles. The van der Waals surface area contributed by atoms with Crippen molar-refractivity contribution in [3.63, 3.8) is 0 Å². The summed E-state index contributed by atoms with van der Waals surface area (Å²) in [5, 5.41) is 13.0. The molecule has 1 saturated heterocycles. The van der Waals surface area contributed by atoms with Gasteiger partial charge in [-0.2, -0.15) is 5.26 Å². The summed E-state index contributed by atoms with van der Waals surface area (Å²) in [6.07, 6.45) is 2.95. The van der Waals surface area contributed by atoms with Crippen LogP contribution < -0.4 is 5.32 Å². The van der Waals surface area contributed by atoms with E-state index in [4.69, 9.17) is 5.26 Å². The Morgan fingerprint density at radius 3 is 2.96 bits per heavy atom. The molecule has 2 N–H and O–H groups in total. The first-order chi connectivity index (χ1) is 13.6. The van der Waals surface area contributed by atoms with Crippen LogP contribution in [0.15, 0.2) is 54.7 Å². The highest BCUT2D eigenvalue weighted by Gasteiger charge is 2.34. The van der Waals surface area contributed by atoms with Crippen molar-refractivity contribution in [2.24, 2.45) is 5.92 Å². The average molecular weight is 372 g/mol. The molecule has 0 saturated carbocycles. The summed E-state index contributed by atoms with van der Waals surface area (Å²) in [4.78, 5) is 29.9. The molecule has 0 bridgehead atoms. The summed E-state index contributed by atoms with van der Waals surface area (Å²) in [5.41, 5.74) is 3.32. The van der Waals surface area contributed by atoms with Crippen LogP contribution in [0.3, 0.4) is 0 Å². The number of amides is 2. The van der Waals surface area contributed by atoms with Gasteiger partial charge in [-0.05, 0) is 36.2 Å². The SMILES string of the molecule is N#Cc1cccc(NC(=O)C2CC(=O)N(CCc3c[nH]c4ccccc34)C2)c1. The Kier molecular flexibility index (Phi) is 4.81. The average Bonchev–Trinajstić information content (AvgIpc) is 3.30. The zero-order valence-corrected chi connectivity index (χ0v) is 15.3. The molecule has 28 heavy (non-hydrogen) atoms. The molecule has 1 atom stereocenters. The van der Waals surface area contributed by atoms with Gasteiger partial charge in [-0.25, -0.2) is 0 Å². The van der Waals surface area contributed by atoms with E-state index in [2.05, 4.69) is 22.4 Å². The number of likely N-dealkylation sites (tertiary alicyclic amines) is 1. The van der Waals surface area contributed by atoms with Gasteiger partial charge in [-0.15, -0.1) is 0 Å². The van der Waals surface area contributed by atoms with Crippen molar-refractivity contribution in [3.8, 4) is 6.07 Å². The Morgan fingerprint density at radius 1 is 1.25 bits per heavy atom. The highest BCUT2D eigenvalue weighted by molar-refractivity contribution is 5.97. The summed E-state index contributed by atoms with van der Waals surface area (Å²) in [7, 11) is 0. The lowest BCUT2D eigenvalue weighted by molar-refractivity contribution is -0.128. The molecule has 1 aliphatic rings. The fraction of sp³-hybridized carbons (Fsp3) is 0.227. The molecule has 140 valence electrons. The number of H-pyrrole nitrogens is 1. The Balaban J connectivity index is 1.37. The van der Waals surface area contributed by atoms with E-state index in [0.29, 0.717) is 24.3 Å². The van der Waals surface area contributed by atoms with Crippen LogP contribution in [0.4, 0.5) is 5.69 Å².